The lowest BCUT2D eigenvalue weighted by Gasteiger charge is -2.38. The van der Waals surface area contributed by atoms with Crippen molar-refractivity contribution < 1.29 is 14.3 Å². The molecule has 6 rings (SSSR count). The summed E-state index contributed by atoms with van der Waals surface area (Å²) in [6, 6.07) is 15.0. The number of benzene rings is 1. The first-order chi connectivity index (χ1) is 18.0. The minimum atomic E-state index is -0.543. The van der Waals surface area contributed by atoms with Crippen molar-refractivity contribution in [3.63, 3.8) is 0 Å². The second kappa shape index (κ2) is 9.68. The SMILES string of the molecule is CC(c1ccccc1)N1C(=O)/C(=C\c2c(N3CCC4(CC3)OCCO4)nc3ccccn3c2=O)SC1=S. The number of amides is 1. The standard InChI is InChI=1S/C27H26N4O4S2/c1-18(19-7-3-2-4-8-19)31-25(33)21(37-26(31)36)17-20-23(28-22-9-5-6-12-30(22)24(20)32)29-13-10-27(11-14-29)34-15-16-35-27/h2-9,12,17-18H,10-11,13-16H2,1H3/b21-17+. The van der Waals surface area contributed by atoms with E-state index in [1.165, 1.54) is 16.2 Å². The molecule has 1 amide bonds. The van der Waals surface area contributed by atoms with Gasteiger partial charge < -0.3 is 14.4 Å². The predicted octanol–water partition coefficient (Wildman–Crippen LogP) is 4.00. The molecule has 3 aliphatic heterocycles. The molecule has 0 bridgehead atoms. The van der Waals surface area contributed by atoms with E-state index in [1.54, 1.807) is 23.2 Å². The zero-order valence-corrected chi connectivity index (χ0v) is 22.0. The molecule has 1 atom stereocenters. The second-order valence-corrected chi connectivity index (χ2v) is 11.0. The lowest BCUT2D eigenvalue weighted by atomic mass is 10.0. The molecule has 3 aromatic rings. The normalized spacial score (nSPS) is 21.5. The number of pyridine rings is 1. The molecule has 1 aromatic carbocycles. The van der Waals surface area contributed by atoms with Crippen LogP contribution in [0.25, 0.3) is 11.7 Å². The van der Waals surface area contributed by atoms with Gasteiger partial charge in [0.2, 0.25) is 0 Å². The van der Waals surface area contributed by atoms with Crippen LogP contribution in [0.2, 0.25) is 0 Å². The average Bonchev–Trinajstić information content (AvgIpc) is 3.49. The number of thioether (sulfide) groups is 1. The number of fused-ring (bicyclic) bond motifs is 1. The van der Waals surface area contributed by atoms with Crippen molar-refractivity contribution in [2.24, 2.45) is 0 Å². The molecule has 3 saturated heterocycles. The van der Waals surface area contributed by atoms with Crippen molar-refractivity contribution in [3.8, 4) is 0 Å². The lowest BCUT2D eigenvalue weighted by molar-refractivity contribution is -0.169. The van der Waals surface area contributed by atoms with Gasteiger partial charge in [-0.15, -0.1) is 0 Å². The fourth-order valence-electron chi connectivity index (χ4n) is 5.13. The van der Waals surface area contributed by atoms with E-state index < -0.39 is 5.79 Å². The highest BCUT2D eigenvalue weighted by molar-refractivity contribution is 8.26. The Labute approximate surface area is 223 Å². The Kier molecular flexibility index (Phi) is 6.36. The van der Waals surface area contributed by atoms with Crippen molar-refractivity contribution in [2.75, 3.05) is 31.2 Å². The number of rotatable bonds is 4. The Morgan fingerprint density at radius 2 is 1.76 bits per heavy atom. The van der Waals surface area contributed by atoms with Gasteiger partial charge in [0.1, 0.15) is 15.8 Å². The molecule has 190 valence electrons. The number of hydrogen-bond donors (Lipinski definition) is 0. The van der Waals surface area contributed by atoms with Crippen LogP contribution >= 0.6 is 24.0 Å². The Hall–Kier alpha value is -3.05. The molecule has 37 heavy (non-hydrogen) atoms. The summed E-state index contributed by atoms with van der Waals surface area (Å²) in [6.45, 7) is 4.41. The van der Waals surface area contributed by atoms with Gasteiger partial charge in [-0.2, -0.15) is 0 Å². The molecule has 1 unspecified atom stereocenters. The fourth-order valence-corrected chi connectivity index (χ4v) is 6.53. The monoisotopic (exact) mass is 534 g/mol. The summed E-state index contributed by atoms with van der Waals surface area (Å²) in [5, 5.41) is 0. The number of piperidine rings is 1. The van der Waals surface area contributed by atoms with Gasteiger partial charge in [-0.1, -0.05) is 60.4 Å². The van der Waals surface area contributed by atoms with Crippen LogP contribution in [0.5, 0.6) is 0 Å². The third kappa shape index (κ3) is 4.37. The molecule has 0 saturated carbocycles. The summed E-state index contributed by atoms with van der Waals surface area (Å²) < 4.78 is 13.7. The van der Waals surface area contributed by atoms with E-state index in [9.17, 15) is 9.59 Å². The van der Waals surface area contributed by atoms with Gasteiger partial charge in [-0.3, -0.25) is 18.9 Å². The first-order valence-corrected chi connectivity index (χ1v) is 13.5. The molecule has 5 heterocycles. The molecular weight excluding hydrogens is 508 g/mol. The van der Waals surface area contributed by atoms with E-state index in [1.807, 2.05) is 49.4 Å². The highest BCUT2D eigenvalue weighted by atomic mass is 32.2. The molecular formula is C27H26N4O4S2. The van der Waals surface area contributed by atoms with Crippen LogP contribution in [0.1, 0.15) is 36.9 Å². The van der Waals surface area contributed by atoms with Crippen LogP contribution in [0.3, 0.4) is 0 Å². The van der Waals surface area contributed by atoms with Gasteiger partial charge in [-0.05, 0) is 30.7 Å². The van der Waals surface area contributed by atoms with Gasteiger partial charge >= 0.3 is 0 Å². The highest BCUT2D eigenvalue weighted by Crippen LogP contribution is 2.39. The summed E-state index contributed by atoms with van der Waals surface area (Å²) in [4.78, 5) is 36.2. The van der Waals surface area contributed by atoms with Gasteiger partial charge in [0, 0.05) is 32.1 Å². The van der Waals surface area contributed by atoms with Crippen LogP contribution < -0.4 is 10.5 Å². The molecule has 3 fully saturated rings. The van der Waals surface area contributed by atoms with Crippen molar-refractivity contribution in [1.82, 2.24) is 14.3 Å². The topological polar surface area (TPSA) is 76.4 Å². The first-order valence-electron chi connectivity index (χ1n) is 12.3. The van der Waals surface area contributed by atoms with E-state index in [0.29, 0.717) is 65.4 Å². The molecule has 0 radical (unpaired) electrons. The quantitative estimate of drug-likeness (QED) is 0.367. The van der Waals surface area contributed by atoms with E-state index in [-0.39, 0.29) is 17.5 Å². The summed E-state index contributed by atoms with van der Waals surface area (Å²) >= 11 is 6.82. The largest absolute Gasteiger partial charge is 0.355 e. The fraction of sp³-hybridized carbons (Fsp3) is 0.333. The highest BCUT2D eigenvalue weighted by Gasteiger charge is 2.41. The Morgan fingerprint density at radius 1 is 1.05 bits per heavy atom. The molecule has 0 N–H and O–H groups in total. The molecule has 8 nitrogen and oxygen atoms in total. The van der Waals surface area contributed by atoms with Gasteiger partial charge in [0.05, 0.1) is 29.7 Å². The minimum absolute atomic E-state index is 0.208. The Morgan fingerprint density at radius 3 is 2.49 bits per heavy atom. The number of anilines is 1. The molecule has 3 aliphatic rings. The van der Waals surface area contributed by atoms with Crippen LogP contribution in [-0.2, 0) is 14.3 Å². The number of nitrogens with zero attached hydrogens (tertiary/aromatic N) is 4. The van der Waals surface area contributed by atoms with Crippen molar-refractivity contribution in [1.29, 1.82) is 0 Å². The van der Waals surface area contributed by atoms with Gasteiger partial charge in [0.25, 0.3) is 11.5 Å². The smallest absolute Gasteiger partial charge is 0.267 e. The molecule has 1 spiro atoms. The summed E-state index contributed by atoms with van der Waals surface area (Å²) in [5.41, 5.74) is 1.70. The van der Waals surface area contributed by atoms with Crippen molar-refractivity contribution >= 4 is 51.7 Å². The predicted molar refractivity (Wildman–Crippen MR) is 147 cm³/mol. The number of carbonyl (C=O) groups excluding carboxylic acids is 1. The minimum Gasteiger partial charge on any atom is -0.355 e. The number of thiocarbonyl (C=S) groups is 1. The number of aromatic nitrogens is 2. The van der Waals surface area contributed by atoms with Crippen LogP contribution in [0, 0.1) is 0 Å². The van der Waals surface area contributed by atoms with Crippen molar-refractivity contribution in [2.45, 2.75) is 31.6 Å². The van der Waals surface area contributed by atoms with Crippen molar-refractivity contribution in [3.05, 3.63) is 81.1 Å². The lowest BCUT2D eigenvalue weighted by Crippen LogP contribution is -2.46. The summed E-state index contributed by atoms with van der Waals surface area (Å²) in [7, 11) is 0. The van der Waals surface area contributed by atoms with Crippen LogP contribution in [0.4, 0.5) is 5.82 Å². The zero-order valence-electron chi connectivity index (χ0n) is 20.3. The number of carbonyl (C=O) groups is 1. The van der Waals surface area contributed by atoms with E-state index in [0.717, 1.165) is 5.56 Å². The van der Waals surface area contributed by atoms with Gasteiger partial charge in [0.15, 0.2) is 5.79 Å². The summed E-state index contributed by atoms with van der Waals surface area (Å²) in [5.74, 6) is -0.191. The van der Waals surface area contributed by atoms with E-state index in [2.05, 4.69) is 4.90 Å². The average molecular weight is 535 g/mol. The van der Waals surface area contributed by atoms with Gasteiger partial charge in [-0.25, -0.2) is 4.98 Å². The molecule has 0 aliphatic carbocycles. The van der Waals surface area contributed by atoms with E-state index >= 15 is 0 Å². The summed E-state index contributed by atoms with van der Waals surface area (Å²) in [6.07, 6.45) is 4.71. The van der Waals surface area contributed by atoms with Crippen LogP contribution in [-0.4, -0.2) is 56.6 Å². The Balaban J connectivity index is 1.38. The maximum absolute atomic E-state index is 13.7. The third-order valence-electron chi connectivity index (χ3n) is 7.16. The first kappa shape index (κ1) is 24.3. The molecule has 2 aromatic heterocycles. The Bertz CT molecular complexity index is 1460. The third-order valence-corrected chi connectivity index (χ3v) is 8.49. The van der Waals surface area contributed by atoms with Crippen LogP contribution in [0.15, 0.2) is 64.4 Å². The number of hydrogen-bond acceptors (Lipinski definition) is 8. The maximum atomic E-state index is 13.7. The zero-order chi connectivity index (χ0) is 25.6. The maximum Gasteiger partial charge on any atom is 0.267 e. The second-order valence-electron chi connectivity index (χ2n) is 9.32. The van der Waals surface area contributed by atoms with E-state index in [4.69, 9.17) is 26.7 Å². The number of ether oxygens (including phenoxy) is 2. The molecule has 10 heteroatoms.